The lowest BCUT2D eigenvalue weighted by Gasteiger charge is -2.10. The minimum absolute atomic E-state index is 0.647. The minimum atomic E-state index is 0.647. The topological polar surface area (TPSA) is 84.3 Å². The van der Waals surface area contributed by atoms with Crippen LogP contribution in [0.2, 0.25) is 0 Å². The maximum absolute atomic E-state index is 4.26. The summed E-state index contributed by atoms with van der Waals surface area (Å²) in [4.78, 5) is 7.32. The van der Waals surface area contributed by atoms with Gasteiger partial charge in [-0.25, -0.2) is 4.98 Å². The monoisotopic (exact) mass is 255 g/mol. The van der Waals surface area contributed by atoms with Crippen LogP contribution >= 0.6 is 0 Å². The predicted molar refractivity (Wildman–Crippen MR) is 69.8 cm³/mol. The third kappa shape index (κ3) is 2.30. The van der Waals surface area contributed by atoms with Crippen LogP contribution in [0.3, 0.4) is 0 Å². The van der Waals surface area contributed by atoms with Crippen molar-refractivity contribution in [3.8, 4) is 5.69 Å². The second kappa shape index (κ2) is 4.89. The van der Waals surface area contributed by atoms with Crippen LogP contribution in [0.4, 0.5) is 5.69 Å². The lowest BCUT2D eigenvalue weighted by Crippen LogP contribution is -2.06. The van der Waals surface area contributed by atoms with Crippen LogP contribution in [0, 0.1) is 6.92 Å². The maximum Gasteiger partial charge on any atom is 0.143 e. The van der Waals surface area contributed by atoms with E-state index in [4.69, 9.17) is 0 Å². The summed E-state index contributed by atoms with van der Waals surface area (Å²) in [5, 5.41) is 14.6. The number of hydrogen-bond donors (Lipinski definition) is 2. The van der Waals surface area contributed by atoms with Crippen LogP contribution in [0.15, 0.2) is 36.9 Å². The number of aryl methyl sites for hydroxylation is 1. The Morgan fingerprint density at radius 2 is 2.21 bits per heavy atom. The second-order valence-corrected chi connectivity index (χ2v) is 4.10. The molecule has 2 N–H and O–H groups in total. The molecule has 3 aromatic rings. The molecule has 0 aliphatic heterocycles. The fourth-order valence-corrected chi connectivity index (χ4v) is 1.84. The number of rotatable bonds is 4. The zero-order valence-electron chi connectivity index (χ0n) is 10.4. The SMILES string of the molecule is Cc1[nH]cnc1CNc1ccccc1-n1cnnn1. The molecule has 0 bridgehead atoms. The number of imidazole rings is 1. The lowest BCUT2D eigenvalue weighted by atomic mass is 10.2. The van der Waals surface area contributed by atoms with Crippen LogP contribution in [0.5, 0.6) is 0 Å². The van der Waals surface area contributed by atoms with Crippen LogP contribution in [-0.2, 0) is 6.54 Å². The predicted octanol–water partition coefficient (Wildman–Crippen LogP) is 1.31. The first-order valence-corrected chi connectivity index (χ1v) is 5.89. The van der Waals surface area contributed by atoms with Gasteiger partial charge < -0.3 is 10.3 Å². The lowest BCUT2D eigenvalue weighted by molar-refractivity contribution is 0.789. The molecule has 1 aromatic carbocycles. The number of H-pyrrole nitrogens is 1. The first-order chi connectivity index (χ1) is 9.34. The molecule has 0 radical (unpaired) electrons. The van der Waals surface area contributed by atoms with Crippen LogP contribution in [-0.4, -0.2) is 30.2 Å². The van der Waals surface area contributed by atoms with Crippen molar-refractivity contribution in [1.29, 1.82) is 0 Å². The van der Waals surface area contributed by atoms with Gasteiger partial charge in [-0.2, -0.15) is 4.68 Å². The van der Waals surface area contributed by atoms with Gasteiger partial charge in [-0.05, 0) is 29.5 Å². The molecule has 2 heterocycles. The molecule has 0 saturated heterocycles. The highest BCUT2D eigenvalue weighted by atomic mass is 15.5. The Labute approximate surface area is 109 Å². The van der Waals surface area contributed by atoms with Gasteiger partial charge in [0.2, 0.25) is 0 Å². The van der Waals surface area contributed by atoms with Gasteiger partial charge in [-0.1, -0.05) is 12.1 Å². The molecule has 0 aliphatic rings. The molecule has 19 heavy (non-hydrogen) atoms. The summed E-state index contributed by atoms with van der Waals surface area (Å²) in [5.74, 6) is 0. The first-order valence-electron chi connectivity index (χ1n) is 5.89. The van der Waals surface area contributed by atoms with Crippen LogP contribution < -0.4 is 5.32 Å². The standard InChI is InChI=1S/C12H13N7/c1-9-11(15-7-14-9)6-13-10-4-2-3-5-12(10)19-8-16-17-18-19/h2-5,7-8,13H,6H2,1H3,(H,14,15). The Hall–Kier alpha value is -2.70. The summed E-state index contributed by atoms with van der Waals surface area (Å²) < 4.78 is 1.62. The molecule has 96 valence electrons. The van der Waals surface area contributed by atoms with Gasteiger partial charge in [-0.15, -0.1) is 5.10 Å². The fourth-order valence-electron chi connectivity index (χ4n) is 1.84. The quantitative estimate of drug-likeness (QED) is 0.734. The molecule has 7 heteroatoms. The van der Waals surface area contributed by atoms with Gasteiger partial charge >= 0.3 is 0 Å². The zero-order valence-corrected chi connectivity index (χ0v) is 10.4. The average molecular weight is 255 g/mol. The Kier molecular flexibility index (Phi) is 2.93. The summed E-state index contributed by atoms with van der Waals surface area (Å²) in [5.41, 5.74) is 3.91. The van der Waals surface area contributed by atoms with Gasteiger partial charge in [0.15, 0.2) is 0 Å². The van der Waals surface area contributed by atoms with Gasteiger partial charge in [0.1, 0.15) is 6.33 Å². The molecule has 7 nitrogen and oxygen atoms in total. The zero-order chi connectivity index (χ0) is 13.1. The second-order valence-electron chi connectivity index (χ2n) is 4.10. The van der Waals surface area contributed by atoms with E-state index in [0.29, 0.717) is 6.54 Å². The molecule has 0 aliphatic carbocycles. The number of aromatic amines is 1. The van der Waals surface area contributed by atoms with E-state index in [9.17, 15) is 0 Å². The van der Waals surface area contributed by atoms with E-state index in [1.54, 1.807) is 17.3 Å². The van der Waals surface area contributed by atoms with E-state index in [2.05, 4.69) is 30.8 Å². The summed E-state index contributed by atoms with van der Waals surface area (Å²) in [6, 6.07) is 7.85. The van der Waals surface area contributed by atoms with Gasteiger partial charge in [0, 0.05) is 5.69 Å². The highest BCUT2D eigenvalue weighted by Crippen LogP contribution is 2.19. The Bertz CT molecular complexity index is 656. The van der Waals surface area contributed by atoms with E-state index < -0.39 is 0 Å². The fraction of sp³-hybridized carbons (Fsp3) is 0.167. The van der Waals surface area contributed by atoms with Crippen molar-refractivity contribution in [3.63, 3.8) is 0 Å². The number of benzene rings is 1. The molecular weight excluding hydrogens is 242 g/mol. The van der Waals surface area contributed by atoms with E-state index in [1.807, 2.05) is 31.2 Å². The van der Waals surface area contributed by atoms with Crippen molar-refractivity contribution in [1.82, 2.24) is 30.2 Å². The molecule has 0 fully saturated rings. The largest absolute Gasteiger partial charge is 0.378 e. The van der Waals surface area contributed by atoms with E-state index in [-0.39, 0.29) is 0 Å². The summed E-state index contributed by atoms with van der Waals surface area (Å²) >= 11 is 0. The Morgan fingerprint density at radius 3 is 2.95 bits per heavy atom. The highest BCUT2D eigenvalue weighted by Gasteiger charge is 2.06. The third-order valence-electron chi connectivity index (χ3n) is 2.88. The van der Waals surface area contributed by atoms with Gasteiger partial charge in [-0.3, -0.25) is 0 Å². The summed E-state index contributed by atoms with van der Waals surface area (Å²) in [7, 11) is 0. The minimum Gasteiger partial charge on any atom is -0.378 e. The molecular formula is C12H13N7. The van der Waals surface area contributed by atoms with Crippen LogP contribution in [0.1, 0.15) is 11.4 Å². The number of nitrogens with zero attached hydrogens (tertiary/aromatic N) is 5. The number of aromatic nitrogens is 6. The van der Waals surface area contributed by atoms with Crippen molar-refractivity contribution in [3.05, 3.63) is 48.3 Å². The van der Waals surface area contributed by atoms with Crippen molar-refractivity contribution < 1.29 is 0 Å². The summed E-state index contributed by atoms with van der Waals surface area (Å²) in [6.45, 7) is 2.64. The van der Waals surface area contributed by atoms with Crippen molar-refractivity contribution in [2.24, 2.45) is 0 Å². The van der Waals surface area contributed by atoms with Gasteiger partial charge in [0.25, 0.3) is 0 Å². The highest BCUT2D eigenvalue weighted by molar-refractivity contribution is 5.60. The normalized spacial score (nSPS) is 10.6. The number of tetrazole rings is 1. The maximum atomic E-state index is 4.26. The van der Waals surface area contributed by atoms with Crippen LogP contribution in [0.25, 0.3) is 5.69 Å². The van der Waals surface area contributed by atoms with Crippen molar-refractivity contribution in [2.75, 3.05) is 5.32 Å². The van der Waals surface area contributed by atoms with Crippen molar-refractivity contribution >= 4 is 5.69 Å². The Balaban J connectivity index is 1.84. The van der Waals surface area contributed by atoms with E-state index >= 15 is 0 Å². The molecule has 0 amide bonds. The summed E-state index contributed by atoms with van der Waals surface area (Å²) in [6.07, 6.45) is 3.26. The van der Waals surface area contributed by atoms with E-state index in [0.717, 1.165) is 22.8 Å². The average Bonchev–Trinajstić information content (AvgIpc) is 3.08. The van der Waals surface area contributed by atoms with Gasteiger partial charge in [0.05, 0.1) is 29.9 Å². The molecule has 0 atom stereocenters. The molecule has 0 unspecified atom stereocenters. The molecule has 0 spiro atoms. The molecule has 2 aromatic heterocycles. The third-order valence-corrected chi connectivity index (χ3v) is 2.88. The molecule has 3 rings (SSSR count). The number of nitrogens with one attached hydrogen (secondary N) is 2. The number of hydrogen-bond acceptors (Lipinski definition) is 5. The first kappa shape index (κ1) is 11.4. The van der Waals surface area contributed by atoms with E-state index in [1.165, 1.54) is 0 Å². The molecule has 0 saturated carbocycles. The van der Waals surface area contributed by atoms with Crippen molar-refractivity contribution in [2.45, 2.75) is 13.5 Å². The smallest absolute Gasteiger partial charge is 0.143 e. The number of para-hydroxylation sites is 2. The Morgan fingerprint density at radius 1 is 1.32 bits per heavy atom. The number of anilines is 1.